The molecule has 0 aliphatic rings. The molecule has 0 aliphatic carbocycles. The molecule has 0 aliphatic heterocycles. The Bertz CT molecular complexity index is 1210. The van der Waals surface area contributed by atoms with E-state index in [9.17, 15) is 0 Å². The van der Waals surface area contributed by atoms with E-state index in [0.717, 1.165) is 28.3 Å². The molecule has 130 valence electrons. The van der Waals surface area contributed by atoms with Gasteiger partial charge in [-0.3, -0.25) is 0 Å². The smallest absolute Gasteiger partial charge is 0.124 e. The molecule has 0 atom stereocenters. The van der Waals surface area contributed by atoms with Crippen molar-refractivity contribution in [1.29, 1.82) is 0 Å². The quantitative estimate of drug-likeness (QED) is 0.381. The van der Waals surface area contributed by atoms with Crippen LogP contribution in [0.25, 0.3) is 31.6 Å². The minimum atomic E-state index is 0.800. The van der Waals surface area contributed by atoms with Gasteiger partial charge in [0, 0.05) is 17.8 Å². The second kappa shape index (κ2) is 6.86. The summed E-state index contributed by atoms with van der Waals surface area (Å²) >= 11 is 1.74. The number of hydrogen-bond donors (Lipinski definition) is 1. The standard InChI is InChI=1S/C24H18N2S/c1-2-7-19-14-17(12-13-18(19)6-1)16-25-21-9-5-8-20(15-21)24-26-22-10-3-4-11-23(22)27-24/h1-15,25H,16H2. The molecule has 0 bridgehead atoms. The zero-order valence-electron chi connectivity index (χ0n) is 14.7. The maximum absolute atomic E-state index is 4.77. The first kappa shape index (κ1) is 16.0. The Labute approximate surface area is 162 Å². The molecule has 0 saturated heterocycles. The number of thiazole rings is 1. The lowest BCUT2D eigenvalue weighted by Gasteiger charge is -2.09. The van der Waals surface area contributed by atoms with Crippen molar-refractivity contribution in [3.05, 3.63) is 96.6 Å². The predicted octanol–water partition coefficient (Wildman–Crippen LogP) is 6.73. The van der Waals surface area contributed by atoms with Crippen LogP contribution in [-0.4, -0.2) is 4.98 Å². The fourth-order valence-corrected chi connectivity index (χ4v) is 4.27. The number of fused-ring (bicyclic) bond motifs is 2. The van der Waals surface area contributed by atoms with Crippen molar-refractivity contribution in [2.45, 2.75) is 6.54 Å². The molecule has 3 heteroatoms. The third-order valence-electron chi connectivity index (χ3n) is 4.71. The summed E-state index contributed by atoms with van der Waals surface area (Å²) in [6.07, 6.45) is 0. The van der Waals surface area contributed by atoms with E-state index in [2.05, 4.69) is 90.2 Å². The summed E-state index contributed by atoms with van der Waals surface area (Å²) < 4.78 is 1.22. The molecule has 2 nitrogen and oxygen atoms in total. The molecule has 0 spiro atoms. The average Bonchev–Trinajstić information content (AvgIpc) is 3.17. The molecule has 0 saturated carbocycles. The van der Waals surface area contributed by atoms with E-state index >= 15 is 0 Å². The Morgan fingerprint density at radius 3 is 2.52 bits per heavy atom. The van der Waals surface area contributed by atoms with Crippen LogP contribution in [0.1, 0.15) is 5.56 Å². The Kier molecular flexibility index (Phi) is 4.07. The van der Waals surface area contributed by atoms with Crippen LogP contribution in [0, 0.1) is 0 Å². The summed E-state index contributed by atoms with van der Waals surface area (Å²) in [4.78, 5) is 4.77. The van der Waals surface area contributed by atoms with Gasteiger partial charge in [0.1, 0.15) is 5.01 Å². The maximum atomic E-state index is 4.77. The Morgan fingerprint density at radius 2 is 1.59 bits per heavy atom. The van der Waals surface area contributed by atoms with Crippen molar-refractivity contribution in [1.82, 2.24) is 4.98 Å². The number of rotatable bonds is 4. The first-order valence-electron chi connectivity index (χ1n) is 9.03. The largest absolute Gasteiger partial charge is 0.381 e. The molecule has 5 aromatic rings. The van der Waals surface area contributed by atoms with E-state index in [0.29, 0.717) is 0 Å². The van der Waals surface area contributed by atoms with Crippen LogP contribution in [0.5, 0.6) is 0 Å². The fourth-order valence-electron chi connectivity index (χ4n) is 3.31. The summed E-state index contributed by atoms with van der Waals surface area (Å²) in [6.45, 7) is 0.800. The molecule has 1 N–H and O–H groups in total. The number of aromatic nitrogens is 1. The molecule has 0 radical (unpaired) electrons. The van der Waals surface area contributed by atoms with Gasteiger partial charge >= 0.3 is 0 Å². The van der Waals surface area contributed by atoms with Gasteiger partial charge in [-0.05, 0) is 46.7 Å². The molecule has 0 amide bonds. The van der Waals surface area contributed by atoms with Gasteiger partial charge in [0.2, 0.25) is 0 Å². The number of anilines is 1. The van der Waals surface area contributed by atoms with Crippen molar-refractivity contribution in [2.24, 2.45) is 0 Å². The Hall–Kier alpha value is -3.17. The molecular formula is C24H18N2S. The lowest BCUT2D eigenvalue weighted by molar-refractivity contribution is 1.16. The van der Waals surface area contributed by atoms with Gasteiger partial charge in [0.25, 0.3) is 0 Å². The molecule has 1 heterocycles. The first-order chi connectivity index (χ1) is 13.3. The Balaban J connectivity index is 1.38. The van der Waals surface area contributed by atoms with Crippen molar-refractivity contribution >= 4 is 38.0 Å². The van der Waals surface area contributed by atoms with E-state index in [1.54, 1.807) is 11.3 Å². The van der Waals surface area contributed by atoms with Gasteiger partial charge in [-0.2, -0.15) is 0 Å². The molecule has 4 aromatic carbocycles. The predicted molar refractivity (Wildman–Crippen MR) is 116 cm³/mol. The number of nitrogens with zero attached hydrogens (tertiary/aromatic N) is 1. The van der Waals surface area contributed by atoms with Crippen LogP contribution in [-0.2, 0) is 6.54 Å². The highest BCUT2D eigenvalue weighted by Gasteiger charge is 2.06. The van der Waals surface area contributed by atoms with Gasteiger partial charge in [-0.15, -0.1) is 11.3 Å². The summed E-state index contributed by atoms with van der Waals surface area (Å²) in [5.41, 5.74) is 4.60. The van der Waals surface area contributed by atoms with Crippen molar-refractivity contribution in [2.75, 3.05) is 5.32 Å². The second-order valence-electron chi connectivity index (χ2n) is 6.60. The minimum absolute atomic E-state index is 0.800. The van der Waals surface area contributed by atoms with Crippen LogP contribution in [0.4, 0.5) is 5.69 Å². The van der Waals surface area contributed by atoms with Gasteiger partial charge in [-0.25, -0.2) is 4.98 Å². The number of benzene rings is 4. The molecule has 0 unspecified atom stereocenters. The summed E-state index contributed by atoms with van der Waals surface area (Å²) in [5, 5.41) is 7.16. The average molecular weight is 366 g/mol. The van der Waals surface area contributed by atoms with E-state index in [1.807, 2.05) is 6.07 Å². The lowest BCUT2D eigenvalue weighted by Crippen LogP contribution is -1.99. The molecule has 5 rings (SSSR count). The third-order valence-corrected chi connectivity index (χ3v) is 5.80. The van der Waals surface area contributed by atoms with Crippen LogP contribution in [0.15, 0.2) is 91.0 Å². The van der Waals surface area contributed by atoms with Gasteiger partial charge < -0.3 is 5.32 Å². The van der Waals surface area contributed by atoms with Crippen molar-refractivity contribution in [3.8, 4) is 10.6 Å². The highest BCUT2D eigenvalue weighted by atomic mass is 32.1. The third kappa shape index (κ3) is 3.29. The zero-order valence-corrected chi connectivity index (χ0v) is 15.5. The van der Waals surface area contributed by atoms with Crippen molar-refractivity contribution < 1.29 is 0 Å². The zero-order chi connectivity index (χ0) is 18.1. The lowest BCUT2D eigenvalue weighted by atomic mass is 10.1. The summed E-state index contributed by atoms with van der Waals surface area (Å²) in [6, 6.07) is 31.9. The van der Waals surface area contributed by atoms with Crippen LogP contribution in [0.3, 0.4) is 0 Å². The van der Waals surface area contributed by atoms with Crippen LogP contribution < -0.4 is 5.32 Å². The molecule has 1 aromatic heterocycles. The normalized spacial score (nSPS) is 11.1. The van der Waals surface area contributed by atoms with Crippen LogP contribution >= 0.6 is 11.3 Å². The van der Waals surface area contributed by atoms with E-state index in [-0.39, 0.29) is 0 Å². The van der Waals surface area contributed by atoms with E-state index in [4.69, 9.17) is 4.98 Å². The summed E-state index contributed by atoms with van der Waals surface area (Å²) in [7, 11) is 0. The van der Waals surface area contributed by atoms with E-state index < -0.39 is 0 Å². The SMILES string of the molecule is c1cc(NCc2ccc3ccccc3c2)cc(-c2nc3ccccc3s2)c1. The van der Waals surface area contributed by atoms with Crippen LogP contribution in [0.2, 0.25) is 0 Å². The van der Waals surface area contributed by atoms with E-state index in [1.165, 1.54) is 21.0 Å². The highest BCUT2D eigenvalue weighted by Crippen LogP contribution is 2.31. The van der Waals surface area contributed by atoms with Gasteiger partial charge in [0.05, 0.1) is 10.2 Å². The van der Waals surface area contributed by atoms with Gasteiger partial charge in [0.15, 0.2) is 0 Å². The number of nitrogens with one attached hydrogen (secondary N) is 1. The molecule has 27 heavy (non-hydrogen) atoms. The number of hydrogen-bond acceptors (Lipinski definition) is 3. The molecular weight excluding hydrogens is 348 g/mol. The first-order valence-corrected chi connectivity index (χ1v) is 9.84. The fraction of sp³-hybridized carbons (Fsp3) is 0.0417. The molecule has 0 fully saturated rings. The maximum Gasteiger partial charge on any atom is 0.124 e. The second-order valence-corrected chi connectivity index (χ2v) is 7.63. The number of para-hydroxylation sites is 1. The minimum Gasteiger partial charge on any atom is -0.381 e. The van der Waals surface area contributed by atoms with Crippen molar-refractivity contribution in [3.63, 3.8) is 0 Å². The highest BCUT2D eigenvalue weighted by molar-refractivity contribution is 7.21. The summed E-state index contributed by atoms with van der Waals surface area (Å²) in [5.74, 6) is 0. The monoisotopic (exact) mass is 366 g/mol. The van der Waals surface area contributed by atoms with Gasteiger partial charge in [-0.1, -0.05) is 60.7 Å². The Morgan fingerprint density at radius 1 is 0.741 bits per heavy atom. The topological polar surface area (TPSA) is 24.9 Å².